The molecule has 0 saturated heterocycles. The highest BCUT2D eigenvalue weighted by Gasteiger charge is 2.25. The van der Waals surface area contributed by atoms with E-state index in [1.807, 2.05) is 12.1 Å². The molecule has 0 unspecified atom stereocenters. The van der Waals surface area contributed by atoms with Crippen LogP contribution in [0.5, 0.6) is 0 Å². The molecule has 0 aliphatic carbocycles. The first-order valence-corrected chi connectivity index (χ1v) is 16.4. The Balaban J connectivity index is 1.14. The van der Waals surface area contributed by atoms with Gasteiger partial charge >= 0.3 is 0 Å². The van der Waals surface area contributed by atoms with E-state index in [1.54, 1.807) is 0 Å². The lowest BCUT2D eigenvalue weighted by atomic mass is 9.78. The van der Waals surface area contributed by atoms with Gasteiger partial charge in [0.15, 0.2) is 5.58 Å². The topological polar surface area (TPSA) is 19.6 Å². The zero-order chi connectivity index (χ0) is 32.5. The molecule has 0 amide bonds. The Kier molecular flexibility index (Phi) is 7.51. The summed E-state index contributed by atoms with van der Waals surface area (Å²) < 4.78 is 6.48. The molecular formula is C45H36N2O. The van der Waals surface area contributed by atoms with E-state index in [1.165, 1.54) is 11.1 Å². The lowest BCUT2D eigenvalue weighted by Crippen LogP contribution is -2.19. The lowest BCUT2D eigenvalue weighted by molar-refractivity contribution is 0.641. The number of anilines is 6. The molecule has 7 aromatic carbocycles. The van der Waals surface area contributed by atoms with Crippen molar-refractivity contribution in [1.29, 1.82) is 0 Å². The van der Waals surface area contributed by atoms with E-state index in [9.17, 15) is 0 Å². The Hall–Kier alpha value is -6.06. The van der Waals surface area contributed by atoms with Crippen molar-refractivity contribution < 1.29 is 4.42 Å². The molecule has 1 heterocycles. The molecule has 0 aliphatic heterocycles. The Morgan fingerprint density at radius 3 is 1.33 bits per heavy atom. The van der Waals surface area contributed by atoms with E-state index in [2.05, 4.69) is 194 Å². The molecule has 232 valence electrons. The molecule has 1 aromatic heterocycles. The fraction of sp³-hybridized carbons (Fsp3) is 0.0667. The summed E-state index contributed by atoms with van der Waals surface area (Å²) >= 11 is 0. The summed E-state index contributed by atoms with van der Waals surface area (Å²) in [5.74, 6) is 0. The summed E-state index contributed by atoms with van der Waals surface area (Å²) in [6.45, 7) is 4.60. The third kappa shape index (κ3) is 5.30. The maximum Gasteiger partial charge on any atom is 0.159 e. The number of para-hydroxylation sites is 5. The maximum absolute atomic E-state index is 6.48. The van der Waals surface area contributed by atoms with Crippen LogP contribution in [0.4, 0.5) is 34.1 Å². The molecule has 0 atom stereocenters. The smallest absolute Gasteiger partial charge is 0.159 e. The van der Waals surface area contributed by atoms with Crippen molar-refractivity contribution in [3.63, 3.8) is 0 Å². The van der Waals surface area contributed by atoms with Gasteiger partial charge in [0, 0.05) is 44.6 Å². The van der Waals surface area contributed by atoms with Crippen LogP contribution in [0, 0.1) is 0 Å². The quantitative estimate of drug-likeness (QED) is 0.168. The van der Waals surface area contributed by atoms with Crippen LogP contribution < -0.4 is 9.80 Å². The summed E-state index contributed by atoms with van der Waals surface area (Å²) in [6.07, 6.45) is 0. The fourth-order valence-electron chi connectivity index (χ4n) is 6.74. The van der Waals surface area contributed by atoms with E-state index < -0.39 is 0 Å². The SMILES string of the molecule is CC(C)(c1ccc(N(c2ccccc2)c2ccccc2)cc1)c1ccc(N(c2ccccc2)c2cccc3c2oc2ccccc23)cc1. The molecule has 0 aliphatic rings. The van der Waals surface area contributed by atoms with Gasteiger partial charge in [-0.1, -0.05) is 123 Å². The van der Waals surface area contributed by atoms with Crippen LogP contribution in [0.1, 0.15) is 25.0 Å². The minimum atomic E-state index is -0.211. The van der Waals surface area contributed by atoms with Crippen molar-refractivity contribution in [3.8, 4) is 0 Å². The van der Waals surface area contributed by atoms with Crippen LogP contribution in [0.2, 0.25) is 0 Å². The maximum atomic E-state index is 6.48. The number of hydrogen-bond donors (Lipinski definition) is 0. The number of fused-ring (bicyclic) bond motifs is 3. The van der Waals surface area contributed by atoms with Crippen molar-refractivity contribution in [3.05, 3.63) is 193 Å². The molecule has 3 heteroatoms. The Morgan fingerprint density at radius 1 is 0.375 bits per heavy atom. The number of hydrogen-bond acceptors (Lipinski definition) is 3. The zero-order valence-corrected chi connectivity index (χ0v) is 27.1. The normalized spacial score (nSPS) is 11.5. The highest BCUT2D eigenvalue weighted by atomic mass is 16.3. The molecular weight excluding hydrogens is 585 g/mol. The van der Waals surface area contributed by atoms with E-state index in [-0.39, 0.29) is 5.41 Å². The molecule has 3 nitrogen and oxygen atoms in total. The first-order chi connectivity index (χ1) is 23.6. The summed E-state index contributed by atoms with van der Waals surface area (Å²) in [7, 11) is 0. The number of nitrogens with zero attached hydrogens (tertiary/aromatic N) is 2. The van der Waals surface area contributed by atoms with Crippen LogP contribution >= 0.6 is 0 Å². The van der Waals surface area contributed by atoms with Gasteiger partial charge in [0.25, 0.3) is 0 Å². The predicted octanol–water partition coefficient (Wildman–Crippen LogP) is 12.9. The largest absolute Gasteiger partial charge is 0.454 e. The van der Waals surface area contributed by atoms with Gasteiger partial charge in [-0.15, -0.1) is 0 Å². The van der Waals surface area contributed by atoms with Gasteiger partial charge in [-0.05, 0) is 83.9 Å². The third-order valence-corrected chi connectivity index (χ3v) is 9.36. The van der Waals surface area contributed by atoms with Crippen molar-refractivity contribution in [1.82, 2.24) is 0 Å². The average molecular weight is 621 g/mol. The molecule has 0 bridgehead atoms. The molecule has 8 aromatic rings. The van der Waals surface area contributed by atoms with Crippen molar-refractivity contribution >= 4 is 56.1 Å². The number of rotatable bonds is 8. The minimum absolute atomic E-state index is 0.211. The van der Waals surface area contributed by atoms with Gasteiger partial charge in [-0.2, -0.15) is 0 Å². The van der Waals surface area contributed by atoms with Gasteiger partial charge in [0.1, 0.15) is 5.58 Å². The van der Waals surface area contributed by atoms with Gasteiger partial charge in [-0.25, -0.2) is 0 Å². The van der Waals surface area contributed by atoms with E-state index >= 15 is 0 Å². The summed E-state index contributed by atoms with van der Waals surface area (Å²) in [5, 5.41) is 2.24. The molecule has 48 heavy (non-hydrogen) atoms. The van der Waals surface area contributed by atoms with Crippen molar-refractivity contribution in [2.24, 2.45) is 0 Å². The summed E-state index contributed by atoms with van der Waals surface area (Å²) in [5.41, 5.74) is 10.6. The first-order valence-electron chi connectivity index (χ1n) is 16.4. The molecule has 0 saturated carbocycles. The molecule has 0 N–H and O–H groups in total. The second-order valence-corrected chi connectivity index (χ2v) is 12.6. The van der Waals surface area contributed by atoms with Crippen molar-refractivity contribution in [2.45, 2.75) is 19.3 Å². The minimum Gasteiger partial charge on any atom is -0.454 e. The van der Waals surface area contributed by atoms with Crippen LogP contribution in [0.25, 0.3) is 21.9 Å². The summed E-state index contributed by atoms with van der Waals surface area (Å²) in [4.78, 5) is 4.59. The molecule has 8 rings (SSSR count). The second-order valence-electron chi connectivity index (χ2n) is 12.6. The monoisotopic (exact) mass is 620 g/mol. The van der Waals surface area contributed by atoms with Crippen molar-refractivity contribution in [2.75, 3.05) is 9.80 Å². The number of benzene rings is 7. The van der Waals surface area contributed by atoms with Gasteiger partial charge < -0.3 is 14.2 Å². The molecule has 0 fully saturated rings. The predicted molar refractivity (Wildman–Crippen MR) is 202 cm³/mol. The van der Waals surface area contributed by atoms with E-state index in [0.717, 1.165) is 56.1 Å². The molecule has 0 radical (unpaired) electrons. The van der Waals surface area contributed by atoms with Crippen LogP contribution in [-0.2, 0) is 5.41 Å². The van der Waals surface area contributed by atoms with E-state index in [4.69, 9.17) is 4.42 Å². The van der Waals surface area contributed by atoms with Crippen LogP contribution in [-0.4, -0.2) is 0 Å². The van der Waals surface area contributed by atoms with Crippen LogP contribution in [0.15, 0.2) is 186 Å². The Bertz CT molecular complexity index is 2250. The average Bonchev–Trinajstić information content (AvgIpc) is 3.53. The summed E-state index contributed by atoms with van der Waals surface area (Å²) in [6, 6.07) is 64.2. The third-order valence-electron chi connectivity index (χ3n) is 9.36. The second kappa shape index (κ2) is 12.3. The van der Waals surface area contributed by atoms with E-state index in [0.29, 0.717) is 0 Å². The van der Waals surface area contributed by atoms with Gasteiger partial charge in [-0.3, -0.25) is 0 Å². The Morgan fingerprint density at radius 2 is 0.792 bits per heavy atom. The van der Waals surface area contributed by atoms with Gasteiger partial charge in [0.05, 0.1) is 5.69 Å². The standard InChI is InChI=1S/C45H36N2O/c1-45(2,33-25-29-38(30-26-33)46(35-15-6-3-7-16-35)36-17-8-4-9-18-36)34-27-31-39(32-28-34)47(37-19-10-5-11-20-37)42-23-14-22-41-40-21-12-13-24-43(40)48-44(41)42/h3-32H,1-2H3. The lowest BCUT2D eigenvalue weighted by Gasteiger charge is -2.30. The number of furan rings is 1. The molecule has 0 spiro atoms. The zero-order valence-electron chi connectivity index (χ0n) is 27.1. The first kappa shape index (κ1) is 29.3. The highest BCUT2D eigenvalue weighted by Crippen LogP contribution is 2.43. The van der Waals surface area contributed by atoms with Gasteiger partial charge in [0.2, 0.25) is 0 Å². The Labute approximate surface area is 281 Å². The fourth-order valence-corrected chi connectivity index (χ4v) is 6.74. The van der Waals surface area contributed by atoms with Crippen LogP contribution in [0.3, 0.4) is 0 Å². The highest BCUT2D eigenvalue weighted by molar-refractivity contribution is 6.10.